The highest BCUT2D eigenvalue weighted by Crippen LogP contribution is 2.64. The number of carbonyl (C=O) groups excluding carboxylic acids is 1. The molecule has 5 rings (SSSR count). The van der Waals surface area contributed by atoms with Crippen LogP contribution in [0.25, 0.3) is 11.3 Å². The van der Waals surface area contributed by atoms with Crippen LogP contribution in [0.15, 0.2) is 66.7 Å². The molecule has 1 aliphatic heterocycles. The summed E-state index contributed by atoms with van der Waals surface area (Å²) in [6.45, 7) is 0. The van der Waals surface area contributed by atoms with E-state index in [0.29, 0.717) is 5.02 Å². The highest BCUT2D eigenvalue weighted by molar-refractivity contribution is 6.31. The average molecular weight is 347 g/mol. The second kappa shape index (κ2) is 5.17. The van der Waals surface area contributed by atoms with Crippen LogP contribution in [-0.4, -0.2) is 10.9 Å². The van der Waals surface area contributed by atoms with Gasteiger partial charge in [0.25, 0.3) is 0 Å². The van der Waals surface area contributed by atoms with Gasteiger partial charge in [-0.15, -0.1) is 0 Å². The monoisotopic (exact) mass is 346 g/mol. The van der Waals surface area contributed by atoms with Crippen LogP contribution in [0.4, 0.5) is 5.69 Å². The van der Waals surface area contributed by atoms with Gasteiger partial charge in [0.15, 0.2) is 0 Å². The Labute approximate surface area is 150 Å². The zero-order valence-corrected chi connectivity index (χ0v) is 14.1. The number of amides is 1. The summed E-state index contributed by atoms with van der Waals surface area (Å²) in [5.41, 5.74) is 4.34. The van der Waals surface area contributed by atoms with Gasteiger partial charge in [0.1, 0.15) is 0 Å². The summed E-state index contributed by atoms with van der Waals surface area (Å²) < 4.78 is 0. The lowest BCUT2D eigenvalue weighted by atomic mass is 9.93. The number of fused-ring (bicyclic) bond motifs is 2. The van der Waals surface area contributed by atoms with Crippen LogP contribution in [0.3, 0.4) is 0 Å². The quantitative estimate of drug-likeness (QED) is 0.725. The molecule has 2 heterocycles. The number of benzene rings is 2. The van der Waals surface area contributed by atoms with Gasteiger partial charge in [0, 0.05) is 27.9 Å². The topological polar surface area (TPSA) is 42.0 Å². The van der Waals surface area contributed by atoms with Crippen molar-refractivity contribution in [2.75, 3.05) is 5.32 Å². The summed E-state index contributed by atoms with van der Waals surface area (Å²) >= 11 is 6.17. The summed E-state index contributed by atoms with van der Waals surface area (Å²) in [6, 6.07) is 21.7. The molecule has 3 nitrogen and oxygen atoms in total. The molecule has 1 aromatic heterocycles. The van der Waals surface area contributed by atoms with Gasteiger partial charge in [-0.3, -0.25) is 9.78 Å². The average Bonchev–Trinajstić information content (AvgIpc) is 3.35. The highest BCUT2D eigenvalue weighted by Gasteiger charge is 2.65. The molecular weight excluding hydrogens is 332 g/mol. The Morgan fingerprint density at radius 3 is 2.72 bits per heavy atom. The number of anilines is 1. The molecule has 0 saturated heterocycles. The molecule has 1 spiro atoms. The standard InChI is InChI=1S/C21H15ClN2O/c22-14-9-10-19-15(11-14)21(20(25)24-19)12-16(21)18-8-4-7-17(23-18)13-5-2-1-3-6-13/h1-11,16H,12H2,(H,24,25)/t16-,21-/m1/s1. The second-order valence-corrected chi connectivity index (χ2v) is 7.12. The maximum Gasteiger partial charge on any atom is 0.235 e. The number of halogens is 1. The van der Waals surface area contributed by atoms with Crippen molar-refractivity contribution in [3.8, 4) is 11.3 Å². The molecule has 1 fully saturated rings. The smallest absolute Gasteiger partial charge is 0.235 e. The molecule has 2 aliphatic rings. The predicted molar refractivity (Wildman–Crippen MR) is 98.8 cm³/mol. The van der Waals surface area contributed by atoms with E-state index in [1.807, 2.05) is 66.7 Å². The van der Waals surface area contributed by atoms with E-state index in [4.69, 9.17) is 16.6 Å². The number of pyridine rings is 1. The Hall–Kier alpha value is -2.65. The Balaban J connectivity index is 1.56. The molecule has 3 aromatic rings. The lowest BCUT2D eigenvalue weighted by molar-refractivity contribution is -0.118. The van der Waals surface area contributed by atoms with Crippen LogP contribution >= 0.6 is 11.6 Å². The SMILES string of the molecule is O=C1Nc2ccc(Cl)cc2[C@@]12C[C@@H]2c1cccc(-c2ccccc2)n1. The Kier molecular flexibility index (Phi) is 3.03. The highest BCUT2D eigenvalue weighted by atomic mass is 35.5. The first-order valence-corrected chi connectivity index (χ1v) is 8.70. The number of nitrogens with zero attached hydrogens (tertiary/aromatic N) is 1. The minimum Gasteiger partial charge on any atom is -0.325 e. The zero-order valence-electron chi connectivity index (χ0n) is 13.4. The van der Waals surface area contributed by atoms with Crippen molar-refractivity contribution in [1.29, 1.82) is 0 Å². The molecular formula is C21H15ClN2O. The third kappa shape index (κ3) is 2.12. The molecule has 1 aliphatic carbocycles. The van der Waals surface area contributed by atoms with Crippen molar-refractivity contribution in [3.63, 3.8) is 0 Å². The lowest BCUT2D eigenvalue weighted by Crippen LogP contribution is -2.21. The molecule has 2 atom stereocenters. The summed E-state index contributed by atoms with van der Waals surface area (Å²) in [5, 5.41) is 3.66. The van der Waals surface area contributed by atoms with Crippen molar-refractivity contribution >= 4 is 23.2 Å². The van der Waals surface area contributed by atoms with Crippen LogP contribution in [-0.2, 0) is 10.2 Å². The van der Waals surface area contributed by atoms with Crippen LogP contribution in [0.1, 0.15) is 23.6 Å². The Morgan fingerprint density at radius 2 is 1.88 bits per heavy atom. The van der Waals surface area contributed by atoms with Crippen LogP contribution in [0.5, 0.6) is 0 Å². The van der Waals surface area contributed by atoms with Gasteiger partial charge in [0.05, 0.1) is 11.1 Å². The number of aromatic nitrogens is 1. The molecule has 0 bridgehead atoms. The largest absolute Gasteiger partial charge is 0.325 e. The van der Waals surface area contributed by atoms with Crippen LogP contribution in [0, 0.1) is 0 Å². The molecule has 1 N–H and O–H groups in total. The van der Waals surface area contributed by atoms with E-state index in [-0.39, 0.29) is 11.8 Å². The van der Waals surface area contributed by atoms with E-state index >= 15 is 0 Å². The summed E-state index contributed by atoms with van der Waals surface area (Å²) in [5.74, 6) is 0.151. The number of rotatable bonds is 2. The van der Waals surface area contributed by atoms with Gasteiger partial charge in [-0.1, -0.05) is 48.0 Å². The minimum atomic E-state index is -0.511. The van der Waals surface area contributed by atoms with Crippen molar-refractivity contribution in [2.45, 2.75) is 17.8 Å². The summed E-state index contributed by atoms with van der Waals surface area (Å²) in [6.07, 6.45) is 0.775. The summed E-state index contributed by atoms with van der Waals surface area (Å²) in [7, 11) is 0. The number of carbonyl (C=O) groups is 1. The zero-order chi connectivity index (χ0) is 17.0. The third-order valence-electron chi connectivity index (χ3n) is 5.27. The van der Waals surface area contributed by atoms with E-state index in [0.717, 1.165) is 34.6 Å². The fourth-order valence-corrected chi connectivity index (χ4v) is 4.11. The van der Waals surface area contributed by atoms with Gasteiger partial charge >= 0.3 is 0 Å². The first-order chi connectivity index (χ1) is 12.2. The van der Waals surface area contributed by atoms with Crippen molar-refractivity contribution in [3.05, 3.63) is 83.0 Å². The van der Waals surface area contributed by atoms with E-state index in [1.165, 1.54) is 0 Å². The second-order valence-electron chi connectivity index (χ2n) is 6.69. The molecule has 122 valence electrons. The molecule has 0 unspecified atom stereocenters. The van der Waals surface area contributed by atoms with Gasteiger partial charge in [-0.05, 0) is 42.3 Å². The van der Waals surface area contributed by atoms with Gasteiger partial charge in [-0.2, -0.15) is 0 Å². The number of hydrogen-bond acceptors (Lipinski definition) is 2. The summed E-state index contributed by atoms with van der Waals surface area (Å²) in [4.78, 5) is 17.5. The molecule has 1 amide bonds. The van der Waals surface area contributed by atoms with Gasteiger partial charge < -0.3 is 5.32 Å². The Bertz CT molecular complexity index is 1000. The van der Waals surface area contributed by atoms with E-state index < -0.39 is 5.41 Å². The maximum absolute atomic E-state index is 12.7. The molecule has 4 heteroatoms. The first-order valence-electron chi connectivity index (χ1n) is 8.32. The van der Waals surface area contributed by atoms with E-state index in [9.17, 15) is 4.79 Å². The number of hydrogen-bond donors (Lipinski definition) is 1. The molecule has 1 saturated carbocycles. The van der Waals surface area contributed by atoms with Gasteiger partial charge in [0.2, 0.25) is 5.91 Å². The lowest BCUT2D eigenvalue weighted by Gasteiger charge is -2.10. The van der Waals surface area contributed by atoms with E-state index in [2.05, 4.69) is 5.32 Å². The van der Waals surface area contributed by atoms with Crippen molar-refractivity contribution < 1.29 is 4.79 Å². The molecule has 0 radical (unpaired) electrons. The number of nitrogens with one attached hydrogen (secondary N) is 1. The normalized spacial score (nSPS) is 23.4. The maximum atomic E-state index is 12.7. The first kappa shape index (κ1) is 14.7. The van der Waals surface area contributed by atoms with Gasteiger partial charge in [-0.25, -0.2) is 0 Å². The third-order valence-corrected chi connectivity index (χ3v) is 5.51. The fraction of sp³-hybridized carbons (Fsp3) is 0.143. The predicted octanol–water partition coefficient (Wildman–Crippen LogP) is 4.78. The Morgan fingerprint density at radius 1 is 1.04 bits per heavy atom. The molecule has 25 heavy (non-hydrogen) atoms. The minimum absolute atomic E-state index is 0.0571. The van der Waals surface area contributed by atoms with Crippen molar-refractivity contribution in [1.82, 2.24) is 4.98 Å². The molecule has 2 aromatic carbocycles. The van der Waals surface area contributed by atoms with Crippen LogP contribution in [0.2, 0.25) is 5.02 Å². The van der Waals surface area contributed by atoms with E-state index in [1.54, 1.807) is 0 Å². The van der Waals surface area contributed by atoms with Crippen LogP contribution < -0.4 is 5.32 Å². The van der Waals surface area contributed by atoms with Crippen molar-refractivity contribution in [2.24, 2.45) is 0 Å². The fourth-order valence-electron chi connectivity index (χ4n) is 3.93.